The van der Waals surface area contributed by atoms with Crippen LogP contribution in [0.3, 0.4) is 0 Å². The van der Waals surface area contributed by atoms with Crippen LogP contribution in [0.25, 0.3) is 0 Å². The Hall–Kier alpha value is -1.66. The third kappa shape index (κ3) is 2.54. The average molecular weight is 284 g/mol. The van der Waals surface area contributed by atoms with Crippen LogP contribution in [0.4, 0.5) is 5.69 Å². The Morgan fingerprint density at radius 1 is 1.37 bits per heavy atom. The van der Waals surface area contributed by atoms with Crippen LogP contribution in [0.2, 0.25) is 0 Å². The van der Waals surface area contributed by atoms with E-state index in [4.69, 9.17) is 0 Å². The molecule has 0 radical (unpaired) electrons. The molecule has 2 N–H and O–H groups in total. The molecular formula is C12H14ClN3O3. The molecule has 1 aliphatic heterocycles. The van der Waals surface area contributed by atoms with E-state index in [1.54, 1.807) is 6.07 Å². The van der Waals surface area contributed by atoms with Crippen LogP contribution >= 0.6 is 12.4 Å². The second-order valence-corrected chi connectivity index (χ2v) is 4.79. The van der Waals surface area contributed by atoms with Crippen LogP contribution in [0, 0.1) is 22.0 Å². The normalized spacial score (nSPS) is 27.1. The molecule has 2 unspecified atom stereocenters. The number of nitrogens with one attached hydrogen (secondary N) is 2. The molecule has 6 nitrogen and oxygen atoms in total. The molecule has 1 saturated carbocycles. The summed E-state index contributed by atoms with van der Waals surface area (Å²) in [4.78, 5) is 22.1. The summed E-state index contributed by atoms with van der Waals surface area (Å²) in [7, 11) is 0. The molecule has 7 heteroatoms. The van der Waals surface area contributed by atoms with Crippen molar-refractivity contribution in [1.82, 2.24) is 10.6 Å². The fraction of sp³-hybridized carbons (Fsp3) is 0.417. The molecule has 3 rings (SSSR count). The maximum atomic E-state index is 11.9. The minimum absolute atomic E-state index is 0. The number of hydrogen-bond donors (Lipinski definition) is 2. The van der Waals surface area contributed by atoms with Gasteiger partial charge < -0.3 is 10.6 Å². The Labute approximate surface area is 116 Å². The van der Waals surface area contributed by atoms with Crippen LogP contribution < -0.4 is 10.6 Å². The van der Waals surface area contributed by atoms with Crippen LogP contribution in [-0.2, 0) is 0 Å². The van der Waals surface area contributed by atoms with E-state index in [1.807, 2.05) is 0 Å². The average Bonchev–Trinajstić information content (AvgIpc) is 2.81. The number of benzene rings is 1. The number of carbonyl (C=O) groups excluding carboxylic acids is 1. The first-order chi connectivity index (χ1) is 8.66. The highest BCUT2D eigenvalue weighted by Crippen LogP contribution is 2.41. The van der Waals surface area contributed by atoms with Crippen molar-refractivity contribution in [2.45, 2.75) is 6.04 Å². The van der Waals surface area contributed by atoms with E-state index in [-0.39, 0.29) is 30.0 Å². The molecule has 2 aliphatic rings. The standard InChI is InChI=1S/C12H13N3O3.ClH/c16-12(14-11-9-5-13-6-10(9)11)7-2-1-3-8(4-7)15(17)18;/h1-4,9-11,13H,5-6H2,(H,14,16);1H. The Kier molecular flexibility index (Phi) is 3.73. The molecule has 1 heterocycles. The van der Waals surface area contributed by atoms with E-state index in [0.717, 1.165) is 13.1 Å². The van der Waals surface area contributed by atoms with Gasteiger partial charge >= 0.3 is 0 Å². The number of carbonyl (C=O) groups is 1. The minimum atomic E-state index is -0.493. The molecule has 19 heavy (non-hydrogen) atoms. The zero-order chi connectivity index (χ0) is 12.7. The van der Waals surface area contributed by atoms with Crippen LogP contribution in [0.15, 0.2) is 24.3 Å². The quantitative estimate of drug-likeness (QED) is 0.639. The Balaban J connectivity index is 0.00000133. The molecule has 1 amide bonds. The smallest absolute Gasteiger partial charge is 0.270 e. The van der Waals surface area contributed by atoms with E-state index in [1.165, 1.54) is 18.2 Å². The molecule has 0 bridgehead atoms. The van der Waals surface area contributed by atoms with Gasteiger partial charge in [0.2, 0.25) is 0 Å². The Morgan fingerprint density at radius 3 is 2.68 bits per heavy atom. The van der Waals surface area contributed by atoms with Crippen molar-refractivity contribution in [1.29, 1.82) is 0 Å². The molecule has 2 fully saturated rings. The van der Waals surface area contributed by atoms with Crippen molar-refractivity contribution in [2.75, 3.05) is 13.1 Å². The molecular weight excluding hydrogens is 270 g/mol. The number of fused-ring (bicyclic) bond motifs is 1. The van der Waals surface area contributed by atoms with Crippen LogP contribution in [0.5, 0.6) is 0 Å². The number of non-ortho nitro benzene ring substituents is 1. The monoisotopic (exact) mass is 283 g/mol. The summed E-state index contributed by atoms with van der Waals surface area (Å²) >= 11 is 0. The summed E-state index contributed by atoms with van der Waals surface area (Å²) < 4.78 is 0. The number of nitro groups is 1. The molecule has 102 valence electrons. The molecule has 1 aromatic rings. The zero-order valence-corrected chi connectivity index (χ0v) is 10.9. The second-order valence-electron chi connectivity index (χ2n) is 4.79. The lowest BCUT2D eigenvalue weighted by Crippen LogP contribution is -2.32. The molecule has 2 atom stereocenters. The van der Waals surface area contributed by atoms with Crippen molar-refractivity contribution in [3.05, 3.63) is 39.9 Å². The fourth-order valence-corrected chi connectivity index (χ4v) is 2.63. The Bertz CT molecular complexity index is 513. The molecule has 0 spiro atoms. The third-order valence-corrected chi connectivity index (χ3v) is 3.71. The topological polar surface area (TPSA) is 84.3 Å². The van der Waals surface area contributed by atoms with E-state index in [9.17, 15) is 14.9 Å². The van der Waals surface area contributed by atoms with Crippen molar-refractivity contribution in [3.8, 4) is 0 Å². The molecule has 1 saturated heterocycles. The summed E-state index contributed by atoms with van der Waals surface area (Å²) in [6.07, 6.45) is 0. The van der Waals surface area contributed by atoms with Crippen molar-refractivity contribution >= 4 is 24.0 Å². The van der Waals surface area contributed by atoms with E-state index in [0.29, 0.717) is 17.4 Å². The number of nitrogens with zero attached hydrogens (tertiary/aromatic N) is 1. The van der Waals surface area contributed by atoms with Gasteiger partial charge in [0.05, 0.1) is 4.92 Å². The number of halogens is 1. The van der Waals surface area contributed by atoms with Gasteiger partial charge in [0.15, 0.2) is 0 Å². The second kappa shape index (κ2) is 5.14. The van der Waals surface area contributed by atoms with E-state index >= 15 is 0 Å². The van der Waals surface area contributed by atoms with Gasteiger partial charge in [-0.1, -0.05) is 6.07 Å². The highest BCUT2D eigenvalue weighted by molar-refractivity contribution is 5.95. The summed E-state index contributed by atoms with van der Waals surface area (Å²) in [5.74, 6) is 0.846. The van der Waals surface area contributed by atoms with Crippen molar-refractivity contribution in [3.63, 3.8) is 0 Å². The maximum absolute atomic E-state index is 11.9. The highest BCUT2D eigenvalue weighted by atomic mass is 35.5. The van der Waals surface area contributed by atoms with Gasteiger partial charge in [-0.25, -0.2) is 0 Å². The van der Waals surface area contributed by atoms with Gasteiger partial charge in [-0.05, 0) is 17.9 Å². The SMILES string of the molecule is Cl.O=C(NC1C2CNCC21)c1cccc([N+](=O)[O-])c1. The number of amides is 1. The van der Waals surface area contributed by atoms with Crippen LogP contribution in [0.1, 0.15) is 10.4 Å². The third-order valence-electron chi connectivity index (χ3n) is 3.71. The molecule has 0 aromatic heterocycles. The van der Waals surface area contributed by atoms with E-state index in [2.05, 4.69) is 10.6 Å². The Morgan fingerprint density at radius 2 is 2.05 bits per heavy atom. The van der Waals surface area contributed by atoms with E-state index < -0.39 is 4.92 Å². The number of nitro benzene ring substituents is 1. The van der Waals surface area contributed by atoms with Gasteiger partial charge in [0.1, 0.15) is 0 Å². The van der Waals surface area contributed by atoms with Gasteiger partial charge in [0, 0.05) is 36.8 Å². The maximum Gasteiger partial charge on any atom is 0.270 e. The minimum Gasteiger partial charge on any atom is -0.349 e. The first-order valence-electron chi connectivity index (χ1n) is 5.93. The summed E-state index contributed by atoms with van der Waals surface area (Å²) in [6.45, 7) is 1.90. The number of rotatable bonds is 3. The first-order valence-corrected chi connectivity index (χ1v) is 5.93. The zero-order valence-electron chi connectivity index (χ0n) is 10.0. The summed E-state index contributed by atoms with van der Waals surface area (Å²) in [5.41, 5.74) is 0.294. The van der Waals surface area contributed by atoms with Gasteiger partial charge in [-0.2, -0.15) is 0 Å². The largest absolute Gasteiger partial charge is 0.349 e. The lowest BCUT2D eigenvalue weighted by Gasteiger charge is -2.07. The molecule has 1 aliphatic carbocycles. The number of piperidine rings is 1. The van der Waals surface area contributed by atoms with Gasteiger partial charge in [-0.3, -0.25) is 14.9 Å². The van der Waals surface area contributed by atoms with Gasteiger partial charge in [-0.15, -0.1) is 12.4 Å². The number of hydrogen-bond acceptors (Lipinski definition) is 4. The summed E-state index contributed by atoms with van der Waals surface area (Å²) in [6, 6.07) is 6.05. The predicted octanol–water partition coefficient (Wildman–Crippen LogP) is 0.964. The lowest BCUT2D eigenvalue weighted by molar-refractivity contribution is -0.384. The first kappa shape index (κ1) is 13.8. The lowest BCUT2D eigenvalue weighted by atomic mass is 10.2. The van der Waals surface area contributed by atoms with Gasteiger partial charge in [0.25, 0.3) is 11.6 Å². The van der Waals surface area contributed by atoms with Crippen molar-refractivity contribution in [2.24, 2.45) is 11.8 Å². The van der Waals surface area contributed by atoms with Crippen molar-refractivity contribution < 1.29 is 9.72 Å². The van der Waals surface area contributed by atoms with Crippen LogP contribution in [-0.4, -0.2) is 30.0 Å². The summed E-state index contributed by atoms with van der Waals surface area (Å²) in [5, 5.41) is 16.8. The predicted molar refractivity (Wildman–Crippen MR) is 71.4 cm³/mol. The fourth-order valence-electron chi connectivity index (χ4n) is 2.63. The molecule has 1 aromatic carbocycles. The highest BCUT2D eigenvalue weighted by Gasteiger charge is 2.53.